The minimum atomic E-state index is -0.394. The number of imidazole rings is 1. The topological polar surface area (TPSA) is 61.0 Å². The number of para-hydroxylation sites is 1. The average Bonchev–Trinajstić information content (AvgIpc) is 2.52. The zero-order valence-electron chi connectivity index (χ0n) is 8.60. The Hall–Kier alpha value is -1.91. The highest BCUT2D eigenvalue weighted by Gasteiger charge is 2.16. The predicted molar refractivity (Wildman–Crippen MR) is 56.8 cm³/mol. The van der Waals surface area contributed by atoms with Crippen LogP contribution in [0.1, 0.15) is 12.7 Å². The third-order valence-electron chi connectivity index (χ3n) is 2.46. The maximum atomic E-state index is 10.8. The molecule has 0 amide bonds. The number of nitro groups is 1. The molecule has 0 aliphatic heterocycles. The summed E-state index contributed by atoms with van der Waals surface area (Å²) in [6, 6.07) is 5.02. The predicted octanol–water partition coefficient (Wildman–Crippen LogP) is 2.27. The van der Waals surface area contributed by atoms with E-state index < -0.39 is 4.92 Å². The van der Waals surface area contributed by atoms with Gasteiger partial charge in [-0.05, 0) is 19.9 Å². The first-order valence-electron chi connectivity index (χ1n) is 4.75. The number of nitrogens with zero attached hydrogens (tertiary/aromatic N) is 3. The minimum absolute atomic E-state index is 0.0720. The molecular formula is C10H11N3O2. The molecule has 0 N–H and O–H groups in total. The van der Waals surface area contributed by atoms with Gasteiger partial charge in [0, 0.05) is 12.6 Å². The molecule has 0 unspecified atom stereocenters. The monoisotopic (exact) mass is 205 g/mol. The molecule has 2 aromatic rings. The van der Waals surface area contributed by atoms with E-state index in [9.17, 15) is 10.1 Å². The van der Waals surface area contributed by atoms with Crippen molar-refractivity contribution in [3.05, 3.63) is 34.1 Å². The van der Waals surface area contributed by atoms with Crippen molar-refractivity contribution in [3.63, 3.8) is 0 Å². The average molecular weight is 205 g/mol. The van der Waals surface area contributed by atoms with Crippen LogP contribution in [0.3, 0.4) is 0 Å². The first kappa shape index (κ1) is 9.64. The zero-order chi connectivity index (χ0) is 11.0. The summed E-state index contributed by atoms with van der Waals surface area (Å²) in [5, 5.41) is 10.8. The van der Waals surface area contributed by atoms with Gasteiger partial charge in [-0.3, -0.25) is 10.1 Å². The quantitative estimate of drug-likeness (QED) is 0.558. The number of hydrogen-bond acceptors (Lipinski definition) is 3. The lowest BCUT2D eigenvalue weighted by Gasteiger charge is -2.00. The van der Waals surface area contributed by atoms with Gasteiger partial charge in [0.1, 0.15) is 5.82 Å². The van der Waals surface area contributed by atoms with E-state index in [0.29, 0.717) is 5.52 Å². The van der Waals surface area contributed by atoms with Gasteiger partial charge >= 0.3 is 0 Å². The van der Waals surface area contributed by atoms with E-state index in [4.69, 9.17) is 0 Å². The van der Waals surface area contributed by atoms with Crippen molar-refractivity contribution in [2.24, 2.45) is 0 Å². The van der Waals surface area contributed by atoms with Gasteiger partial charge in [-0.2, -0.15) is 0 Å². The summed E-state index contributed by atoms with van der Waals surface area (Å²) >= 11 is 0. The SMILES string of the molecule is CCn1c(C)nc2c([N+](=O)[O-])cccc21. The number of aromatic nitrogens is 2. The normalized spacial score (nSPS) is 10.8. The van der Waals surface area contributed by atoms with Crippen LogP contribution in [0.15, 0.2) is 18.2 Å². The van der Waals surface area contributed by atoms with Gasteiger partial charge in [0.25, 0.3) is 5.69 Å². The van der Waals surface area contributed by atoms with Gasteiger partial charge in [0.2, 0.25) is 0 Å². The third kappa shape index (κ3) is 1.36. The van der Waals surface area contributed by atoms with Crippen molar-refractivity contribution < 1.29 is 4.92 Å². The maximum Gasteiger partial charge on any atom is 0.297 e. The van der Waals surface area contributed by atoms with Crippen LogP contribution in [0.4, 0.5) is 5.69 Å². The molecule has 0 spiro atoms. The molecule has 15 heavy (non-hydrogen) atoms. The Bertz CT molecular complexity index is 531. The Morgan fingerprint density at radius 1 is 1.53 bits per heavy atom. The van der Waals surface area contributed by atoms with Crippen LogP contribution in [-0.4, -0.2) is 14.5 Å². The summed E-state index contributed by atoms with van der Waals surface area (Å²) < 4.78 is 1.96. The van der Waals surface area contributed by atoms with Crippen molar-refractivity contribution in [2.75, 3.05) is 0 Å². The van der Waals surface area contributed by atoms with E-state index in [2.05, 4.69) is 4.98 Å². The number of fused-ring (bicyclic) bond motifs is 1. The van der Waals surface area contributed by atoms with E-state index in [1.165, 1.54) is 6.07 Å². The summed E-state index contributed by atoms with van der Waals surface area (Å²) in [6.45, 7) is 4.61. The lowest BCUT2D eigenvalue weighted by molar-refractivity contribution is -0.383. The molecule has 0 radical (unpaired) electrons. The van der Waals surface area contributed by atoms with Crippen molar-refractivity contribution in [1.29, 1.82) is 0 Å². The van der Waals surface area contributed by atoms with E-state index in [-0.39, 0.29) is 5.69 Å². The second kappa shape index (κ2) is 3.34. The number of nitro benzene ring substituents is 1. The van der Waals surface area contributed by atoms with Gasteiger partial charge in [-0.25, -0.2) is 4.98 Å². The smallest absolute Gasteiger partial charge is 0.297 e. The zero-order valence-corrected chi connectivity index (χ0v) is 8.60. The molecule has 0 aliphatic rings. The fourth-order valence-corrected chi connectivity index (χ4v) is 1.79. The van der Waals surface area contributed by atoms with E-state index >= 15 is 0 Å². The van der Waals surface area contributed by atoms with E-state index in [1.807, 2.05) is 24.5 Å². The Morgan fingerprint density at radius 3 is 2.87 bits per heavy atom. The second-order valence-electron chi connectivity index (χ2n) is 3.31. The molecule has 0 saturated carbocycles. The molecule has 5 heteroatoms. The summed E-state index contributed by atoms with van der Waals surface area (Å²) in [4.78, 5) is 14.6. The second-order valence-corrected chi connectivity index (χ2v) is 3.31. The molecule has 0 bridgehead atoms. The van der Waals surface area contributed by atoms with Gasteiger partial charge in [0.05, 0.1) is 10.4 Å². The third-order valence-corrected chi connectivity index (χ3v) is 2.46. The summed E-state index contributed by atoms with van der Waals surface area (Å²) in [6.07, 6.45) is 0. The van der Waals surface area contributed by atoms with Crippen LogP contribution >= 0.6 is 0 Å². The van der Waals surface area contributed by atoms with Crippen molar-refractivity contribution in [2.45, 2.75) is 20.4 Å². The number of benzene rings is 1. The fourth-order valence-electron chi connectivity index (χ4n) is 1.79. The van der Waals surface area contributed by atoms with Gasteiger partial charge in [-0.1, -0.05) is 6.07 Å². The standard InChI is InChI=1S/C10H11N3O2/c1-3-12-7(2)11-10-8(12)5-4-6-9(10)13(14)15/h4-6H,3H2,1-2H3. The lowest BCUT2D eigenvalue weighted by Crippen LogP contribution is -1.96. The fraction of sp³-hybridized carbons (Fsp3) is 0.300. The first-order chi connectivity index (χ1) is 7.15. The molecule has 0 aliphatic carbocycles. The van der Waals surface area contributed by atoms with Crippen molar-refractivity contribution in [3.8, 4) is 0 Å². The van der Waals surface area contributed by atoms with Crippen LogP contribution in [0.2, 0.25) is 0 Å². The van der Waals surface area contributed by atoms with Crippen molar-refractivity contribution >= 4 is 16.7 Å². The van der Waals surface area contributed by atoms with Crippen LogP contribution < -0.4 is 0 Å². The number of hydrogen-bond donors (Lipinski definition) is 0. The van der Waals surface area contributed by atoms with Crippen LogP contribution in [0, 0.1) is 17.0 Å². The Morgan fingerprint density at radius 2 is 2.27 bits per heavy atom. The Balaban J connectivity index is 2.83. The van der Waals surface area contributed by atoms with Crippen LogP contribution in [0.25, 0.3) is 11.0 Å². The van der Waals surface area contributed by atoms with Crippen LogP contribution in [-0.2, 0) is 6.54 Å². The summed E-state index contributed by atoms with van der Waals surface area (Å²) in [5.74, 6) is 0.807. The van der Waals surface area contributed by atoms with Crippen molar-refractivity contribution in [1.82, 2.24) is 9.55 Å². The number of rotatable bonds is 2. The molecule has 0 fully saturated rings. The highest BCUT2D eigenvalue weighted by molar-refractivity contribution is 5.85. The molecule has 1 aromatic carbocycles. The molecule has 1 aromatic heterocycles. The Labute approximate surface area is 86.5 Å². The maximum absolute atomic E-state index is 10.8. The molecule has 2 rings (SSSR count). The highest BCUT2D eigenvalue weighted by Crippen LogP contribution is 2.25. The van der Waals surface area contributed by atoms with E-state index in [0.717, 1.165) is 17.9 Å². The lowest BCUT2D eigenvalue weighted by atomic mass is 10.2. The Kier molecular flexibility index (Phi) is 2.15. The van der Waals surface area contributed by atoms with E-state index in [1.54, 1.807) is 6.07 Å². The molecule has 78 valence electrons. The largest absolute Gasteiger partial charge is 0.328 e. The molecule has 1 heterocycles. The summed E-state index contributed by atoms with van der Waals surface area (Å²) in [7, 11) is 0. The van der Waals surface area contributed by atoms with Gasteiger partial charge in [-0.15, -0.1) is 0 Å². The van der Waals surface area contributed by atoms with Gasteiger partial charge < -0.3 is 4.57 Å². The molecular weight excluding hydrogens is 194 g/mol. The van der Waals surface area contributed by atoms with Crippen LogP contribution in [0.5, 0.6) is 0 Å². The summed E-state index contributed by atoms with van der Waals surface area (Å²) in [5.41, 5.74) is 1.37. The highest BCUT2D eigenvalue weighted by atomic mass is 16.6. The molecule has 0 saturated heterocycles. The number of non-ortho nitro benzene ring substituents is 1. The first-order valence-corrected chi connectivity index (χ1v) is 4.75. The molecule has 5 nitrogen and oxygen atoms in total. The van der Waals surface area contributed by atoms with Gasteiger partial charge in [0.15, 0.2) is 5.52 Å². The minimum Gasteiger partial charge on any atom is -0.328 e. The number of aryl methyl sites for hydroxylation is 2. The molecule has 0 atom stereocenters.